The summed E-state index contributed by atoms with van der Waals surface area (Å²) < 4.78 is 16.2. The number of carbonyl (C=O) groups excluding carboxylic acids is 3. The fourth-order valence-electron chi connectivity index (χ4n) is 4.66. The van der Waals surface area contributed by atoms with Gasteiger partial charge in [-0.2, -0.15) is 0 Å². The van der Waals surface area contributed by atoms with Gasteiger partial charge in [0, 0.05) is 13.1 Å². The molecule has 0 amide bonds. The van der Waals surface area contributed by atoms with Gasteiger partial charge in [-0.1, -0.05) is 33.8 Å². The van der Waals surface area contributed by atoms with Crippen LogP contribution in [0.2, 0.25) is 0 Å². The highest BCUT2D eigenvalue weighted by Crippen LogP contribution is 2.35. The Morgan fingerprint density at radius 3 is 2.25 bits per heavy atom. The van der Waals surface area contributed by atoms with Crippen LogP contribution in [-0.2, 0) is 28.6 Å². The van der Waals surface area contributed by atoms with Crippen LogP contribution in [0.15, 0.2) is 11.6 Å². The predicted molar refractivity (Wildman–Crippen MR) is 110 cm³/mol. The summed E-state index contributed by atoms with van der Waals surface area (Å²) >= 11 is 0. The molecule has 0 bridgehead atoms. The first-order valence-electron chi connectivity index (χ1n) is 11.0. The summed E-state index contributed by atoms with van der Waals surface area (Å²) in [7, 11) is 0. The van der Waals surface area contributed by atoms with Crippen LogP contribution in [-0.4, -0.2) is 93.4 Å². The third-order valence-electron chi connectivity index (χ3n) is 7.01. The van der Waals surface area contributed by atoms with E-state index >= 15 is 0 Å². The topological polar surface area (TPSA) is 143 Å². The summed E-state index contributed by atoms with van der Waals surface area (Å²) in [6.07, 6.45) is -2.02. The molecule has 0 aromatic carbocycles. The number of nitrogens with zero attached hydrogens (tertiary/aromatic N) is 1. The summed E-state index contributed by atoms with van der Waals surface area (Å²) in [5.74, 6) is -5.06. The molecule has 0 radical (unpaired) electrons. The number of aliphatic hydroxyl groups excluding tert-OH is 1. The lowest BCUT2D eigenvalue weighted by atomic mass is 9.83. The van der Waals surface area contributed by atoms with E-state index < -0.39 is 59.3 Å². The van der Waals surface area contributed by atoms with E-state index in [0.717, 1.165) is 5.57 Å². The minimum atomic E-state index is -2.58. The number of hydrogen-bond donors (Lipinski definition) is 3. The van der Waals surface area contributed by atoms with Crippen molar-refractivity contribution in [3.05, 3.63) is 11.6 Å². The molecule has 3 aliphatic heterocycles. The van der Waals surface area contributed by atoms with Crippen LogP contribution in [0.4, 0.5) is 0 Å². The monoisotopic (exact) mass is 455 g/mol. The zero-order valence-electron chi connectivity index (χ0n) is 19.1. The standard InChI is InChI=1S/C22H33NO9/c1-11(2)21(28)13(5)31-18(25)17(24)22(29,12(3)4)20(27)32-15-7-9-23-8-6-14(16(15)23)10-30-19(21)26/h6,11-13,15-17,24,28-29H,7-10H2,1-5H3/t13-,15-,16-,17+,21+,22-/m1/s1. The Labute approximate surface area is 187 Å². The van der Waals surface area contributed by atoms with Crippen molar-refractivity contribution in [2.24, 2.45) is 11.8 Å². The molecular formula is C22H33NO9. The van der Waals surface area contributed by atoms with Gasteiger partial charge in [-0.15, -0.1) is 0 Å². The van der Waals surface area contributed by atoms with Crippen molar-refractivity contribution in [1.82, 2.24) is 4.90 Å². The van der Waals surface area contributed by atoms with Crippen LogP contribution in [0.3, 0.4) is 0 Å². The van der Waals surface area contributed by atoms with Gasteiger partial charge in [0.1, 0.15) is 18.8 Å². The van der Waals surface area contributed by atoms with Crippen LogP contribution in [0.1, 0.15) is 41.0 Å². The summed E-state index contributed by atoms with van der Waals surface area (Å²) in [4.78, 5) is 40.7. The average molecular weight is 456 g/mol. The molecule has 0 spiro atoms. The normalized spacial score (nSPS) is 39.3. The molecule has 180 valence electrons. The van der Waals surface area contributed by atoms with Gasteiger partial charge in [0.2, 0.25) is 11.2 Å². The molecule has 2 saturated heterocycles. The Morgan fingerprint density at radius 1 is 1.03 bits per heavy atom. The van der Waals surface area contributed by atoms with E-state index in [1.807, 2.05) is 11.0 Å². The van der Waals surface area contributed by atoms with E-state index in [1.165, 1.54) is 20.8 Å². The Morgan fingerprint density at radius 2 is 1.66 bits per heavy atom. The van der Waals surface area contributed by atoms with Crippen molar-refractivity contribution in [3.63, 3.8) is 0 Å². The van der Waals surface area contributed by atoms with E-state index in [0.29, 0.717) is 19.5 Å². The molecule has 0 unspecified atom stereocenters. The molecule has 32 heavy (non-hydrogen) atoms. The zero-order chi connectivity index (χ0) is 24.0. The van der Waals surface area contributed by atoms with E-state index in [2.05, 4.69) is 0 Å². The molecule has 0 aromatic rings. The highest BCUT2D eigenvalue weighted by Gasteiger charge is 2.56. The van der Waals surface area contributed by atoms with Gasteiger partial charge in [-0.3, -0.25) is 4.90 Å². The number of cyclic esters (lactones) is 2. The van der Waals surface area contributed by atoms with Gasteiger partial charge in [0.25, 0.3) is 0 Å². The number of esters is 3. The van der Waals surface area contributed by atoms with Crippen LogP contribution in [0, 0.1) is 11.8 Å². The molecular weight excluding hydrogens is 422 g/mol. The minimum Gasteiger partial charge on any atom is -0.459 e. The smallest absolute Gasteiger partial charge is 0.342 e. The molecule has 6 atom stereocenters. The lowest BCUT2D eigenvalue weighted by Crippen LogP contribution is -2.61. The maximum Gasteiger partial charge on any atom is 0.342 e. The molecule has 10 heteroatoms. The van der Waals surface area contributed by atoms with Gasteiger partial charge >= 0.3 is 17.9 Å². The van der Waals surface area contributed by atoms with E-state index in [4.69, 9.17) is 14.2 Å². The van der Waals surface area contributed by atoms with Crippen LogP contribution in [0.25, 0.3) is 0 Å². The summed E-state index contributed by atoms with van der Waals surface area (Å²) in [6.45, 7) is 8.42. The van der Waals surface area contributed by atoms with Crippen molar-refractivity contribution < 1.29 is 43.9 Å². The lowest BCUT2D eigenvalue weighted by molar-refractivity contribution is -0.214. The molecule has 0 aromatic heterocycles. The van der Waals surface area contributed by atoms with Gasteiger partial charge in [0.05, 0.1) is 6.04 Å². The number of aliphatic hydroxyl groups is 3. The lowest BCUT2D eigenvalue weighted by Gasteiger charge is -2.38. The number of ether oxygens (including phenoxy) is 3. The van der Waals surface area contributed by atoms with Crippen molar-refractivity contribution in [3.8, 4) is 0 Å². The summed E-state index contributed by atoms with van der Waals surface area (Å²) in [6, 6.07) is -0.361. The SMILES string of the molecule is CC(C)[C@]1(O)C(=O)O[C@@H]2CCN3CC=C(COC(=O)[C@](O)(C(C)C)[C@@H](C)OC(=O)[C@@H]1O)[C@H]23. The molecule has 0 aliphatic carbocycles. The Kier molecular flexibility index (Phi) is 6.72. The maximum absolute atomic E-state index is 13.0. The van der Waals surface area contributed by atoms with Crippen molar-refractivity contribution in [2.75, 3.05) is 19.7 Å². The molecule has 3 N–H and O–H groups in total. The summed E-state index contributed by atoms with van der Waals surface area (Å²) in [5, 5.41) is 32.9. The van der Waals surface area contributed by atoms with Gasteiger partial charge < -0.3 is 29.5 Å². The second-order valence-electron chi connectivity index (χ2n) is 9.47. The van der Waals surface area contributed by atoms with Crippen LogP contribution < -0.4 is 0 Å². The van der Waals surface area contributed by atoms with Crippen molar-refractivity contribution >= 4 is 17.9 Å². The third-order valence-corrected chi connectivity index (χ3v) is 7.01. The fourth-order valence-corrected chi connectivity index (χ4v) is 4.66. The highest BCUT2D eigenvalue weighted by atomic mass is 16.6. The van der Waals surface area contributed by atoms with Crippen molar-refractivity contribution in [1.29, 1.82) is 0 Å². The first kappa shape index (κ1) is 24.6. The van der Waals surface area contributed by atoms with Crippen LogP contribution >= 0.6 is 0 Å². The molecule has 0 saturated carbocycles. The summed E-state index contributed by atoms with van der Waals surface area (Å²) in [5.41, 5.74) is -4.06. The highest BCUT2D eigenvalue weighted by molar-refractivity contribution is 5.90. The average Bonchev–Trinajstić information content (AvgIpc) is 3.31. The van der Waals surface area contributed by atoms with E-state index in [-0.39, 0.29) is 12.6 Å². The van der Waals surface area contributed by atoms with Gasteiger partial charge in [-0.05, 0) is 30.8 Å². The van der Waals surface area contributed by atoms with E-state index in [1.54, 1.807) is 13.8 Å². The number of rotatable bonds is 2. The van der Waals surface area contributed by atoms with Gasteiger partial charge in [0.15, 0.2) is 6.10 Å². The number of carbonyl (C=O) groups is 3. The van der Waals surface area contributed by atoms with Crippen molar-refractivity contribution in [2.45, 2.75) is 76.6 Å². The molecule has 3 rings (SSSR count). The Bertz CT molecular complexity index is 809. The largest absolute Gasteiger partial charge is 0.459 e. The Hall–Kier alpha value is -2.01. The second-order valence-corrected chi connectivity index (χ2v) is 9.47. The molecule has 3 aliphatic rings. The maximum atomic E-state index is 13.0. The first-order valence-corrected chi connectivity index (χ1v) is 11.0. The number of hydrogen-bond acceptors (Lipinski definition) is 10. The van der Waals surface area contributed by atoms with E-state index in [9.17, 15) is 29.7 Å². The Balaban J connectivity index is 2.03. The second kappa shape index (κ2) is 8.74. The van der Waals surface area contributed by atoms with Crippen LogP contribution in [0.5, 0.6) is 0 Å². The van der Waals surface area contributed by atoms with Gasteiger partial charge in [-0.25, -0.2) is 14.4 Å². The minimum absolute atomic E-state index is 0.124. The zero-order valence-corrected chi connectivity index (χ0v) is 19.1. The predicted octanol–water partition coefficient (Wildman–Crippen LogP) is -0.464. The molecule has 10 nitrogen and oxygen atoms in total. The molecule has 3 heterocycles. The first-order chi connectivity index (χ1) is 14.8. The fraction of sp³-hybridized carbons (Fsp3) is 0.773. The quantitative estimate of drug-likeness (QED) is 0.284. The molecule has 2 fully saturated rings. The third kappa shape index (κ3) is 3.83.